The Kier molecular flexibility index (Phi) is 4.29. The second-order valence-electron chi connectivity index (χ2n) is 5.31. The van der Waals surface area contributed by atoms with E-state index in [-0.39, 0.29) is 11.9 Å². The normalized spacial score (nSPS) is 16.6. The van der Waals surface area contributed by atoms with Gasteiger partial charge in [-0.25, -0.2) is 9.97 Å². The van der Waals surface area contributed by atoms with Crippen molar-refractivity contribution in [1.82, 2.24) is 19.4 Å². The van der Waals surface area contributed by atoms with Crippen LogP contribution in [0, 0.1) is 0 Å². The maximum atomic E-state index is 12.5. The first-order chi connectivity index (χ1) is 10.7. The van der Waals surface area contributed by atoms with Crippen LogP contribution in [0.25, 0.3) is 0 Å². The Bertz CT molecular complexity index is 637. The first kappa shape index (κ1) is 14.8. The Hall–Kier alpha value is -2.08. The van der Waals surface area contributed by atoms with Crippen molar-refractivity contribution in [1.29, 1.82) is 0 Å². The van der Waals surface area contributed by atoms with Crippen molar-refractivity contribution in [3.63, 3.8) is 0 Å². The number of rotatable bonds is 3. The monoisotopic (exact) mass is 319 g/mol. The fraction of sp³-hybridized carbons (Fsp3) is 0.400. The molecule has 0 bridgehead atoms. The average Bonchev–Trinajstić information content (AvgIpc) is 3.09. The van der Waals surface area contributed by atoms with Crippen LogP contribution in [0.4, 0.5) is 5.82 Å². The van der Waals surface area contributed by atoms with Crippen molar-refractivity contribution in [2.45, 2.75) is 13.0 Å². The number of aromatic nitrogens is 3. The van der Waals surface area contributed by atoms with Crippen LogP contribution in [0.15, 0.2) is 37.1 Å². The number of piperazine rings is 1. The van der Waals surface area contributed by atoms with Crippen molar-refractivity contribution in [3.05, 3.63) is 42.1 Å². The third-order valence-electron chi connectivity index (χ3n) is 3.96. The molecule has 6 nitrogen and oxygen atoms in total. The second kappa shape index (κ2) is 6.36. The molecule has 3 heterocycles. The predicted molar refractivity (Wildman–Crippen MR) is 85.0 cm³/mol. The van der Waals surface area contributed by atoms with Crippen molar-refractivity contribution >= 4 is 23.3 Å². The van der Waals surface area contributed by atoms with E-state index in [0.717, 1.165) is 18.9 Å². The third kappa shape index (κ3) is 2.92. The Morgan fingerprint density at radius 1 is 1.27 bits per heavy atom. The minimum absolute atomic E-state index is 0.116. The van der Waals surface area contributed by atoms with Gasteiger partial charge in [-0.2, -0.15) is 0 Å². The standard InChI is InChI=1S/C15H18ClN5O/c1-12(21-6-5-17-11-21)15(22)20-9-7-19(8-10-20)14-13(16)3-2-4-18-14/h2-6,11-12H,7-10H2,1H3/t12-/m0/s1. The molecule has 0 spiro atoms. The highest BCUT2D eigenvalue weighted by molar-refractivity contribution is 6.32. The van der Waals surface area contributed by atoms with Gasteiger partial charge in [-0.15, -0.1) is 0 Å². The smallest absolute Gasteiger partial charge is 0.245 e. The predicted octanol–water partition coefficient (Wildman–Crippen LogP) is 1.84. The summed E-state index contributed by atoms with van der Waals surface area (Å²) >= 11 is 6.18. The van der Waals surface area contributed by atoms with E-state index in [9.17, 15) is 4.79 Å². The number of anilines is 1. The van der Waals surface area contributed by atoms with E-state index in [1.165, 1.54) is 0 Å². The van der Waals surface area contributed by atoms with Crippen molar-refractivity contribution in [2.75, 3.05) is 31.1 Å². The lowest BCUT2D eigenvalue weighted by Crippen LogP contribution is -2.50. The molecule has 1 atom stereocenters. The van der Waals surface area contributed by atoms with Crippen LogP contribution in [0.3, 0.4) is 0 Å². The molecule has 0 aromatic carbocycles. The minimum atomic E-state index is -0.229. The van der Waals surface area contributed by atoms with Crippen molar-refractivity contribution < 1.29 is 4.79 Å². The molecular weight excluding hydrogens is 302 g/mol. The maximum Gasteiger partial charge on any atom is 0.245 e. The van der Waals surface area contributed by atoms with Crippen LogP contribution in [-0.4, -0.2) is 51.5 Å². The van der Waals surface area contributed by atoms with Gasteiger partial charge >= 0.3 is 0 Å². The van der Waals surface area contributed by atoms with Crippen LogP contribution in [0.1, 0.15) is 13.0 Å². The molecule has 2 aromatic heterocycles. The van der Waals surface area contributed by atoms with Gasteiger partial charge in [0.2, 0.25) is 5.91 Å². The van der Waals surface area contributed by atoms with E-state index >= 15 is 0 Å². The van der Waals surface area contributed by atoms with Crippen LogP contribution in [0.5, 0.6) is 0 Å². The molecule has 0 aliphatic carbocycles. The lowest BCUT2D eigenvalue weighted by molar-refractivity contribution is -0.134. The zero-order valence-electron chi connectivity index (χ0n) is 12.4. The summed E-state index contributed by atoms with van der Waals surface area (Å²) in [5.74, 6) is 0.906. The molecule has 1 amide bonds. The molecular formula is C15H18ClN5O. The zero-order valence-corrected chi connectivity index (χ0v) is 13.1. The van der Waals surface area contributed by atoms with Crippen molar-refractivity contribution in [2.24, 2.45) is 0 Å². The molecule has 0 saturated carbocycles. The van der Waals surface area contributed by atoms with Gasteiger partial charge in [-0.1, -0.05) is 11.6 Å². The van der Waals surface area contributed by atoms with E-state index in [0.29, 0.717) is 18.1 Å². The molecule has 0 radical (unpaired) electrons. The fourth-order valence-electron chi connectivity index (χ4n) is 2.64. The summed E-state index contributed by atoms with van der Waals surface area (Å²) in [6.07, 6.45) is 6.91. The molecule has 0 unspecified atom stereocenters. The highest BCUT2D eigenvalue weighted by atomic mass is 35.5. The van der Waals surface area contributed by atoms with Gasteiger partial charge in [-0.05, 0) is 19.1 Å². The van der Waals surface area contributed by atoms with Gasteiger partial charge in [0.1, 0.15) is 11.9 Å². The summed E-state index contributed by atoms with van der Waals surface area (Å²) in [7, 11) is 0. The molecule has 7 heteroatoms. The number of carbonyl (C=O) groups is 1. The van der Waals surface area contributed by atoms with E-state index in [1.807, 2.05) is 34.7 Å². The van der Waals surface area contributed by atoms with Crippen LogP contribution < -0.4 is 4.90 Å². The Morgan fingerprint density at radius 3 is 2.68 bits per heavy atom. The highest BCUT2D eigenvalue weighted by Gasteiger charge is 2.26. The van der Waals surface area contributed by atoms with E-state index < -0.39 is 0 Å². The number of hydrogen-bond donors (Lipinski definition) is 0. The van der Waals surface area contributed by atoms with Gasteiger partial charge in [-0.3, -0.25) is 4.79 Å². The molecule has 3 rings (SSSR count). The summed E-state index contributed by atoms with van der Waals surface area (Å²) in [6, 6.07) is 3.42. The Morgan fingerprint density at radius 2 is 2.05 bits per heavy atom. The molecule has 1 saturated heterocycles. The first-order valence-corrected chi connectivity index (χ1v) is 7.66. The SMILES string of the molecule is C[C@@H](C(=O)N1CCN(c2ncccc2Cl)CC1)n1ccnc1. The zero-order chi connectivity index (χ0) is 15.5. The molecule has 1 aliphatic heterocycles. The minimum Gasteiger partial charge on any atom is -0.352 e. The number of hydrogen-bond acceptors (Lipinski definition) is 4. The van der Waals surface area contributed by atoms with Gasteiger partial charge < -0.3 is 14.4 Å². The number of carbonyl (C=O) groups excluding carboxylic acids is 1. The number of halogens is 1. The third-order valence-corrected chi connectivity index (χ3v) is 4.25. The molecule has 1 aliphatic rings. The molecule has 2 aromatic rings. The average molecular weight is 320 g/mol. The van der Waals surface area contributed by atoms with Crippen molar-refractivity contribution in [3.8, 4) is 0 Å². The maximum absolute atomic E-state index is 12.5. The second-order valence-corrected chi connectivity index (χ2v) is 5.71. The summed E-state index contributed by atoms with van der Waals surface area (Å²) < 4.78 is 1.82. The molecule has 22 heavy (non-hydrogen) atoms. The Balaban J connectivity index is 1.62. The largest absolute Gasteiger partial charge is 0.352 e. The van der Waals surface area contributed by atoms with Gasteiger partial charge in [0.25, 0.3) is 0 Å². The summed E-state index contributed by atoms with van der Waals surface area (Å²) in [5, 5.41) is 0.647. The van der Waals surface area contributed by atoms with Gasteiger partial charge in [0.15, 0.2) is 0 Å². The molecule has 1 fully saturated rings. The fourth-order valence-corrected chi connectivity index (χ4v) is 2.88. The number of amides is 1. The molecule has 0 N–H and O–H groups in total. The summed E-state index contributed by atoms with van der Waals surface area (Å²) in [6.45, 7) is 4.71. The number of nitrogens with zero attached hydrogens (tertiary/aromatic N) is 5. The van der Waals surface area contributed by atoms with E-state index in [4.69, 9.17) is 11.6 Å². The van der Waals surface area contributed by atoms with Crippen LogP contribution in [0.2, 0.25) is 5.02 Å². The van der Waals surface area contributed by atoms with Gasteiger partial charge in [0, 0.05) is 44.8 Å². The van der Waals surface area contributed by atoms with Gasteiger partial charge in [0.05, 0.1) is 11.3 Å². The van der Waals surface area contributed by atoms with E-state index in [2.05, 4.69) is 14.9 Å². The lowest BCUT2D eigenvalue weighted by Gasteiger charge is -2.36. The summed E-state index contributed by atoms with van der Waals surface area (Å²) in [5.41, 5.74) is 0. The topological polar surface area (TPSA) is 54.3 Å². The Labute approximate surface area is 134 Å². The van der Waals surface area contributed by atoms with Crippen LogP contribution in [-0.2, 0) is 4.79 Å². The highest BCUT2D eigenvalue weighted by Crippen LogP contribution is 2.23. The number of imidazole rings is 1. The van der Waals surface area contributed by atoms with E-state index in [1.54, 1.807) is 18.7 Å². The molecule has 116 valence electrons. The number of pyridine rings is 1. The first-order valence-electron chi connectivity index (χ1n) is 7.28. The van der Waals surface area contributed by atoms with Crippen LogP contribution >= 0.6 is 11.6 Å². The lowest BCUT2D eigenvalue weighted by atomic mass is 10.2. The summed E-state index contributed by atoms with van der Waals surface area (Å²) in [4.78, 5) is 24.8. The quantitative estimate of drug-likeness (QED) is 0.866.